The number of benzene rings is 1. The topological polar surface area (TPSA) is 82.6 Å². The molecule has 2 N–H and O–H groups in total. The van der Waals surface area contributed by atoms with Crippen LogP contribution in [0.4, 0.5) is 0 Å². The molecule has 6 nitrogen and oxygen atoms in total. The zero-order valence-electron chi connectivity index (χ0n) is 12.8. The number of fused-ring (bicyclic) bond motifs is 1. The number of carbonyl (C=O) groups excluding carboxylic acids is 1. The number of nitrogens with zero attached hydrogens (tertiary/aromatic N) is 1. The fraction of sp³-hybridized carbons (Fsp3) is 0.412. The number of carbonyl (C=O) groups is 2. The van der Waals surface area contributed by atoms with Crippen LogP contribution in [0.2, 0.25) is 0 Å². The van der Waals surface area contributed by atoms with Crippen LogP contribution in [0.3, 0.4) is 0 Å². The number of H-pyrrole nitrogens is 1. The van der Waals surface area contributed by atoms with Gasteiger partial charge in [0, 0.05) is 24.7 Å². The van der Waals surface area contributed by atoms with E-state index in [0.29, 0.717) is 32.6 Å². The first kappa shape index (κ1) is 15.6. The molecular formula is C17H20N2O4. The quantitative estimate of drug-likeness (QED) is 0.881. The third-order valence-electron chi connectivity index (χ3n) is 4.20. The molecule has 1 aromatic heterocycles. The Morgan fingerprint density at radius 3 is 3.04 bits per heavy atom. The highest BCUT2D eigenvalue weighted by Gasteiger charge is 2.28. The van der Waals surface area contributed by atoms with Crippen molar-refractivity contribution >= 4 is 22.8 Å². The minimum Gasteiger partial charge on any atom is -0.481 e. The zero-order chi connectivity index (χ0) is 16.2. The van der Waals surface area contributed by atoms with Gasteiger partial charge >= 0.3 is 5.97 Å². The van der Waals surface area contributed by atoms with Gasteiger partial charge in [0.05, 0.1) is 25.7 Å². The van der Waals surface area contributed by atoms with Gasteiger partial charge < -0.3 is 19.7 Å². The molecule has 0 spiro atoms. The summed E-state index contributed by atoms with van der Waals surface area (Å²) in [7, 11) is 0. The average molecular weight is 316 g/mol. The third-order valence-corrected chi connectivity index (χ3v) is 4.20. The highest BCUT2D eigenvalue weighted by Crippen LogP contribution is 2.17. The average Bonchev–Trinajstić information content (AvgIpc) is 3.00. The van der Waals surface area contributed by atoms with Gasteiger partial charge in [0.2, 0.25) is 5.91 Å². The van der Waals surface area contributed by atoms with E-state index in [1.807, 2.05) is 24.4 Å². The van der Waals surface area contributed by atoms with Gasteiger partial charge in [0.15, 0.2) is 0 Å². The van der Waals surface area contributed by atoms with E-state index in [1.54, 1.807) is 4.90 Å². The van der Waals surface area contributed by atoms with Crippen molar-refractivity contribution in [2.75, 3.05) is 19.8 Å². The summed E-state index contributed by atoms with van der Waals surface area (Å²) < 4.78 is 5.30. The van der Waals surface area contributed by atoms with Crippen LogP contribution in [0, 0.1) is 0 Å². The summed E-state index contributed by atoms with van der Waals surface area (Å²) in [6, 6.07) is 7.75. The van der Waals surface area contributed by atoms with E-state index >= 15 is 0 Å². The van der Waals surface area contributed by atoms with E-state index in [0.717, 1.165) is 16.5 Å². The van der Waals surface area contributed by atoms with Crippen LogP contribution in [0.25, 0.3) is 10.9 Å². The van der Waals surface area contributed by atoms with E-state index in [4.69, 9.17) is 9.84 Å². The number of hydrogen-bond acceptors (Lipinski definition) is 3. The second-order valence-electron chi connectivity index (χ2n) is 5.81. The van der Waals surface area contributed by atoms with Crippen LogP contribution < -0.4 is 0 Å². The number of amides is 1. The number of aryl methyl sites for hydroxylation is 1. The number of carboxylic acid groups (broad SMARTS) is 1. The number of aromatic nitrogens is 1. The molecule has 23 heavy (non-hydrogen) atoms. The largest absolute Gasteiger partial charge is 0.481 e. The van der Waals surface area contributed by atoms with Gasteiger partial charge in [-0.1, -0.05) is 6.07 Å². The predicted octanol–water partition coefficient (Wildman–Crippen LogP) is 1.80. The Morgan fingerprint density at radius 1 is 1.35 bits per heavy atom. The molecule has 1 fully saturated rings. The molecule has 0 bridgehead atoms. The van der Waals surface area contributed by atoms with E-state index in [1.165, 1.54) is 0 Å². The third kappa shape index (κ3) is 3.71. The minimum absolute atomic E-state index is 0.00582. The first-order valence-corrected chi connectivity index (χ1v) is 7.78. The normalized spacial score (nSPS) is 18.3. The standard InChI is InChI=1S/C17H20N2O4/c20-16(19-7-8-23-11-14(19)10-17(21)22)4-2-12-1-3-15-13(9-12)5-6-18-15/h1,3,5-6,9,14,18H,2,4,7-8,10-11H2,(H,21,22)/t14-/m1/s1. The molecule has 1 aliphatic heterocycles. The van der Waals surface area contributed by atoms with Crippen molar-refractivity contribution in [2.45, 2.75) is 25.3 Å². The van der Waals surface area contributed by atoms with E-state index in [2.05, 4.69) is 11.1 Å². The molecule has 1 amide bonds. The molecule has 0 radical (unpaired) electrons. The maximum atomic E-state index is 12.4. The Bertz CT molecular complexity index is 709. The van der Waals surface area contributed by atoms with Crippen molar-refractivity contribution in [3.05, 3.63) is 36.0 Å². The van der Waals surface area contributed by atoms with Gasteiger partial charge in [0.1, 0.15) is 0 Å². The Hall–Kier alpha value is -2.34. The van der Waals surface area contributed by atoms with E-state index in [-0.39, 0.29) is 18.4 Å². The molecule has 3 rings (SSSR count). The molecule has 1 aromatic carbocycles. The predicted molar refractivity (Wildman–Crippen MR) is 85.2 cm³/mol. The summed E-state index contributed by atoms with van der Waals surface area (Å²) in [6.07, 6.45) is 2.86. The highest BCUT2D eigenvalue weighted by atomic mass is 16.5. The Kier molecular flexibility index (Phi) is 4.62. The van der Waals surface area contributed by atoms with E-state index in [9.17, 15) is 9.59 Å². The number of hydrogen-bond donors (Lipinski definition) is 2. The van der Waals surface area contributed by atoms with Crippen molar-refractivity contribution in [1.29, 1.82) is 0 Å². The van der Waals surface area contributed by atoms with Crippen molar-refractivity contribution in [3.8, 4) is 0 Å². The maximum Gasteiger partial charge on any atom is 0.305 e. The first-order chi connectivity index (χ1) is 11.1. The molecule has 0 aliphatic carbocycles. The van der Waals surface area contributed by atoms with Gasteiger partial charge in [-0.05, 0) is 35.6 Å². The number of aromatic amines is 1. The summed E-state index contributed by atoms with van der Waals surface area (Å²) in [5.41, 5.74) is 2.18. The number of carboxylic acids is 1. The summed E-state index contributed by atoms with van der Waals surface area (Å²) in [4.78, 5) is 28.2. The van der Waals surface area contributed by atoms with Crippen LogP contribution in [0.5, 0.6) is 0 Å². The van der Waals surface area contributed by atoms with Gasteiger partial charge in [0.25, 0.3) is 0 Å². The molecule has 6 heteroatoms. The second-order valence-corrected chi connectivity index (χ2v) is 5.81. The molecule has 1 atom stereocenters. The Balaban J connectivity index is 1.61. The Labute approximate surface area is 134 Å². The Morgan fingerprint density at radius 2 is 2.22 bits per heavy atom. The van der Waals surface area contributed by atoms with Crippen LogP contribution in [-0.4, -0.2) is 52.7 Å². The molecule has 1 aliphatic rings. The zero-order valence-corrected chi connectivity index (χ0v) is 12.8. The van der Waals surface area contributed by atoms with Crippen LogP contribution in [-0.2, 0) is 20.7 Å². The van der Waals surface area contributed by atoms with Gasteiger partial charge in [-0.15, -0.1) is 0 Å². The molecule has 1 saturated heterocycles. The number of morpholine rings is 1. The van der Waals surface area contributed by atoms with Crippen molar-refractivity contribution < 1.29 is 19.4 Å². The molecule has 2 aromatic rings. The molecule has 0 saturated carbocycles. The number of nitrogens with one attached hydrogen (secondary N) is 1. The number of ether oxygens (including phenoxy) is 1. The first-order valence-electron chi connectivity index (χ1n) is 7.78. The summed E-state index contributed by atoms with van der Waals surface area (Å²) >= 11 is 0. The molecule has 122 valence electrons. The van der Waals surface area contributed by atoms with E-state index < -0.39 is 5.97 Å². The monoisotopic (exact) mass is 316 g/mol. The summed E-state index contributed by atoms with van der Waals surface area (Å²) in [5, 5.41) is 10.1. The van der Waals surface area contributed by atoms with Crippen molar-refractivity contribution in [3.63, 3.8) is 0 Å². The van der Waals surface area contributed by atoms with Crippen LogP contribution >= 0.6 is 0 Å². The SMILES string of the molecule is O=C(O)C[C@@H]1COCCN1C(=O)CCc1ccc2[nH]ccc2c1. The van der Waals surface area contributed by atoms with Crippen molar-refractivity contribution in [1.82, 2.24) is 9.88 Å². The fourth-order valence-corrected chi connectivity index (χ4v) is 3.01. The smallest absolute Gasteiger partial charge is 0.305 e. The minimum atomic E-state index is -0.906. The fourth-order valence-electron chi connectivity index (χ4n) is 3.01. The van der Waals surface area contributed by atoms with Crippen molar-refractivity contribution in [2.24, 2.45) is 0 Å². The summed E-state index contributed by atoms with van der Waals surface area (Å²) in [5.74, 6) is -0.912. The lowest BCUT2D eigenvalue weighted by atomic mass is 10.1. The lowest BCUT2D eigenvalue weighted by Gasteiger charge is -2.35. The lowest BCUT2D eigenvalue weighted by molar-refractivity contribution is -0.146. The molecule has 0 unspecified atom stereocenters. The maximum absolute atomic E-state index is 12.4. The number of rotatable bonds is 5. The van der Waals surface area contributed by atoms with Crippen LogP contribution in [0.15, 0.2) is 30.5 Å². The highest BCUT2D eigenvalue weighted by molar-refractivity contribution is 5.81. The summed E-state index contributed by atoms with van der Waals surface area (Å²) in [6.45, 7) is 1.23. The van der Waals surface area contributed by atoms with Crippen LogP contribution in [0.1, 0.15) is 18.4 Å². The van der Waals surface area contributed by atoms with Gasteiger partial charge in [-0.25, -0.2) is 0 Å². The molecule has 2 heterocycles. The van der Waals surface area contributed by atoms with Gasteiger partial charge in [-0.3, -0.25) is 9.59 Å². The molecular weight excluding hydrogens is 296 g/mol. The number of aliphatic carboxylic acids is 1. The second kappa shape index (κ2) is 6.83. The van der Waals surface area contributed by atoms with Gasteiger partial charge in [-0.2, -0.15) is 0 Å². The lowest BCUT2D eigenvalue weighted by Crippen LogP contribution is -2.49.